The molecular formula is C20H26F2N6O3. The van der Waals surface area contributed by atoms with Crippen LogP contribution in [-0.2, 0) is 13.0 Å². The standard InChI is InChI=1S/C20H26F2N6O3/c21-19(22)31-15-7-5-14(6-8-15)11-25-20-26-16(17(28(29)30)18(24)27-20)9-12-1-3-13(10-23)4-2-12/h5-8,12-13,19H,1-4,9-11,23H2,(H3,24,25,26,27). The Balaban J connectivity index is 1.70. The molecule has 9 nitrogen and oxygen atoms in total. The van der Waals surface area contributed by atoms with Crippen molar-refractivity contribution in [2.45, 2.75) is 45.3 Å². The van der Waals surface area contributed by atoms with Crippen molar-refractivity contribution in [2.24, 2.45) is 17.6 Å². The number of nitrogen functional groups attached to an aromatic ring is 1. The molecule has 3 rings (SSSR count). The van der Waals surface area contributed by atoms with Crippen LogP contribution in [0.1, 0.15) is 36.9 Å². The van der Waals surface area contributed by atoms with Gasteiger partial charge >= 0.3 is 12.3 Å². The Morgan fingerprint density at radius 1 is 1.16 bits per heavy atom. The van der Waals surface area contributed by atoms with E-state index in [9.17, 15) is 18.9 Å². The number of aromatic nitrogens is 2. The molecule has 11 heteroatoms. The van der Waals surface area contributed by atoms with Crippen LogP contribution >= 0.6 is 0 Å². The van der Waals surface area contributed by atoms with Gasteiger partial charge in [0.2, 0.25) is 11.8 Å². The highest BCUT2D eigenvalue weighted by atomic mass is 19.3. The van der Waals surface area contributed by atoms with Gasteiger partial charge in [0.05, 0.1) is 4.92 Å². The molecule has 1 aliphatic rings. The molecule has 0 saturated heterocycles. The second-order valence-corrected chi connectivity index (χ2v) is 7.69. The van der Waals surface area contributed by atoms with Gasteiger partial charge in [-0.05, 0) is 68.2 Å². The maximum Gasteiger partial charge on any atom is 0.387 e. The Bertz CT molecular complexity index is 889. The van der Waals surface area contributed by atoms with Gasteiger partial charge in [-0.25, -0.2) is 4.98 Å². The quantitative estimate of drug-likeness (QED) is 0.400. The molecule has 0 spiro atoms. The fourth-order valence-corrected chi connectivity index (χ4v) is 3.86. The summed E-state index contributed by atoms with van der Waals surface area (Å²) in [5, 5.41) is 14.5. The van der Waals surface area contributed by atoms with E-state index < -0.39 is 11.5 Å². The highest BCUT2D eigenvalue weighted by Gasteiger charge is 2.27. The van der Waals surface area contributed by atoms with Crippen LogP contribution in [0.4, 0.5) is 26.2 Å². The third-order valence-corrected chi connectivity index (χ3v) is 5.55. The van der Waals surface area contributed by atoms with Crippen LogP contribution in [-0.4, -0.2) is 28.0 Å². The molecule has 0 aliphatic heterocycles. The first kappa shape index (κ1) is 22.6. The summed E-state index contributed by atoms with van der Waals surface area (Å²) < 4.78 is 28.8. The summed E-state index contributed by atoms with van der Waals surface area (Å²) in [6.45, 7) is -1.94. The van der Waals surface area contributed by atoms with E-state index in [1.54, 1.807) is 12.1 Å². The number of benzene rings is 1. The fourth-order valence-electron chi connectivity index (χ4n) is 3.86. The lowest BCUT2D eigenvalue weighted by molar-refractivity contribution is -0.385. The van der Waals surface area contributed by atoms with Gasteiger partial charge in [-0.1, -0.05) is 12.1 Å². The van der Waals surface area contributed by atoms with Crippen molar-refractivity contribution in [1.82, 2.24) is 9.97 Å². The van der Waals surface area contributed by atoms with Crippen LogP contribution in [0.3, 0.4) is 0 Å². The normalized spacial score (nSPS) is 18.7. The fraction of sp³-hybridized carbons (Fsp3) is 0.500. The zero-order valence-corrected chi connectivity index (χ0v) is 17.0. The summed E-state index contributed by atoms with van der Waals surface area (Å²) in [5.41, 5.74) is 12.4. The van der Waals surface area contributed by atoms with Gasteiger partial charge < -0.3 is 21.5 Å². The largest absolute Gasteiger partial charge is 0.435 e. The van der Waals surface area contributed by atoms with Crippen LogP contribution in [0.15, 0.2) is 24.3 Å². The molecule has 1 heterocycles. The lowest BCUT2D eigenvalue weighted by atomic mass is 9.80. The summed E-state index contributed by atoms with van der Waals surface area (Å²) in [6.07, 6.45) is 4.35. The Labute approximate surface area is 178 Å². The minimum absolute atomic E-state index is 0.0567. The first-order valence-corrected chi connectivity index (χ1v) is 10.1. The molecule has 0 atom stereocenters. The Morgan fingerprint density at radius 3 is 2.39 bits per heavy atom. The van der Waals surface area contributed by atoms with Crippen molar-refractivity contribution < 1.29 is 18.4 Å². The van der Waals surface area contributed by atoms with Crippen molar-refractivity contribution in [1.29, 1.82) is 0 Å². The number of alkyl halides is 2. The van der Waals surface area contributed by atoms with Crippen molar-refractivity contribution >= 4 is 17.5 Å². The molecule has 0 radical (unpaired) electrons. The van der Waals surface area contributed by atoms with Crippen LogP contribution in [0.5, 0.6) is 5.75 Å². The number of ether oxygens (including phenoxy) is 1. The van der Waals surface area contributed by atoms with Crippen LogP contribution in [0, 0.1) is 22.0 Å². The summed E-state index contributed by atoms with van der Waals surface area (Å²) in [5.74, 6) is 0.846. The zero-order valence-electron chi connectivity index (χ0n) is 17.0. The average molecular weight is 436 g/mol. The predicted octanol–water partition coefficient (Wildman–Crippen LogP) is 3.49. The van der Waals surface area contributed by atoms with E-state index in [1.165, 1.54) is 12.1 Å². The maximum absolute atomic E-state index is 12.2. The molecule has 1 fully saturated rings. The first-order valence-electron chi connectivity index (χ1n) is 10.1. The predicted molar refractivity (Wildman–Crippen MR) is 112 cm³/mol. The summed E-state index contributed by atoms with van der Waals surface area (Å²) in [6, 6.07) is 6.10. The second-order valence-electron chi connectivity index (χ2n) is 7.69. The maximum atomic E-state index is 12.2. The number of anilines is 2. The van der Waals surface area contributed by atoms with Crippen molar-refractivity contribution in [3.8, 4) is 5.75 Å². The molecular weight excluding hydrogens is 410 g/mol. The van der Waals surface area contributed by atoms with Gasteiger partial charge in [0.15, 0.2) is 0 Å². The third-order valence-electron chi connectivity index (χ3n) is 5.55. The van der Waals surface area contributed by atoms with Crippen LogP contribution in [0.25, 0.3) is 0 Å². The lowest BCUT2D eigenvalue weighted by Gasteiger charge is -2.27. The SMILES string of the molecule is NCC1CCC(Cc2nc(NCc3ccc(OC(F)F)cc3)nc(N)c2[N+](=O)[O-])CC1. The molecule has 1 aromatic carbocycles. The van der Waals surface area contributed by atoms with Crippen molar-refractivity contribution in [2.75, 3.05) is 17.6 Å². The second kappa shape index (κ2) is 10.3. The van der Waals surface area contributed by atoms with Crippen LogP contribution in [0.2, 0.25) is 0 Å². The van der Waals surface area contributed by atoms with Gasteiger partial charge in [-0.3, -0.25) is 10.1 Å². The number of hydrogen-bond donors (Lipinski definition) is 3. The van der Waals surface area contributed by atoms with E-state index in [-0.39, 0.29) is 35.7 Å². The highest BCUT2D eigenvalue weighted by molar-refractivity contribution is 5.58. The van der Waals surface area contributed by atoms with E-state index in [1.807, 2.05) is 0 Å². The summed E-state index contributed by atoms with van der Waals surface area (Å²) in [7, 11) is 0. The zero-order chi connectivity index (χ0) is 22.4. The van der Waals surface area contributed by atoms with Gasteiger partial charge in [0, 0.05) is 6.54 Å². The molecule has 0 bridgehead atoms. The highest BCUT2D eigenvalue weighted by Crippen LogP contribution is 2.34. The molecule has 1 saturated carbocycles. The molecule has 168 valence electrons. The Hall–Kier alpha value is -3.08. The van der Waals surface area contributed by atoms with E-state index >= 15 is 0 Å². The van der Waals surface area contributed by atoms with Gasteiger partial charge in [-0.15, -0.1) is 0 Å². The molecule has 1 aliphatic carbocycles. The lowest BCUT2D eigenvalue weighted by Crippen LogP contribution is -2.23. The van der Waals surface area contributed by atoms with Gasteiger partial charge in [0.25, 0.3) is 0 Å². The molecule has 1 aromatic heterocycles. The minimum Gasteiger partial charge on any atom is -0.435 e. The van der Waals surface area contributed by atoms with Gasteiger partial charge in [-0.2, -0.15) is 13.8 Å². The number of halogens is 2. The van der Waals surface area contributed by atoms with E-state index in [2.05, 4.69) is 20.0 Å². The monoisotopic (exact) mass is 436 g/mol. The Morgan fingerprint density at radius 2 is 1.81 bits per heavy atom. The van der Waals surface area contributed by atoms with Crippen LogP contribution < -0.4 is 21.5 Å². The topological polar surface area (TPSA) is 142 Å². The third kappa shape index (κ3) is 6.20. The summed E-state index contributed by atoms with van der Waals surface area (Å²) in [4.78, 5) is 19.4. The number of rotatable bonds is 9. The number of nitrogens with one attached hydrogen (secondary N) is 1. The number of hydrogen-bond acceptors (Lipinski definition) is 8. The van der Waals surface area contributed by atoms with E-state index in [4.69, 9.17) is 11.5 Å². The smallest absolute Gasteiger partial charge is 0.387 e. The number of nitrogens with zero attached hydrogens (tertiary/aromatic N) is 3. The summed E-state index contributed by atoms with van der Waals surface area (Å²) >= 11 is 0. The van der Waals surface area contributed by atoms with Crippen molar-refractivity contribution in [3.63, 3.8) is 0 Å². The van der Waals surface area contributed by atoms with E-state index in [0.29, 0.717) is 24.6 Å². The van der Waals surface area contributed by atoms with Gasteiger partial charge in [0.1, 0.15) is 11.4 Å². The average Bonchev–Trinajstić information content (AvgIpc) is 2.73. The molecule has 0 amide bonds. The molecule has 2 aromatic rings. The van der Waals surface area contributed by atoms with E-state index in [0.717, 1.165) is 31.2 Å². The Kier molecular flexibility index (Phi) is 7.50. The number of nitrogens with two attached hydrogens (primary N) is 2. The molecule has 0 unspecified atom stereocenters. The number of nitro groups is 1. The first-order chi connectivity index (χ1) is 14.9. The van der Waals surface area contributed by atoms with Crippen molar-refractivity contribution in [3.05, 3.63) is 45.6 Å². The molecule has 5 N–H and O–H groups in total. The minimum atomic E-state index is -2.88. The molecule has 31 heavy (non-hydrogen) atoms.